The largest absolute Gasteiger partial charge is 0.328 e. The molecule has 0 saturated heterocycles. The molecule has 0 spiro atoms. The molecule has 0 fully saturated rings. The standard InChI is InChI=1S/C7H16O4S3/c1-5-9-13-7(3,4)11-14-10-6(2)12-8/h6,8H,5H2,1-4H3. The lowest BCUT2D eigenvalue weighted by Crippen LogP contribution is -2.17. The van der Waals surface area contributed by atoms with Crippen molar-refractivity contribution in [1.82, 2.24) is 0 Å². The Morgan fingerprint density at radius 3 is 2.57 bits per heavy atom. The maximum absolute atomic E-state index is 8.60. The first-order valence-electron chi connectivity index (χ1n) is 4.14. The topological polar surface area (TPSA) is 47.9 Å². The zero-order valence-corrected chi connectivity index (χ0v) is 11.1. The van der Waals surface area contributed by atoms with Crippen LogP contribution in [0, 0.1) is 0 Å². The third-order valence-corrected chi connectivity index (χ3v) is 3.25. The lowest BCUT2D eigenvalue weighted by molar-refractivity contribution is 0.195. The smallest absolute Gasteiger partial charge is 0.161 e. The van der Waals surface area contributed by atoms with Crippen LogP contribution in [0.1, 0.15) is 27.7 Å². The van der Waals surface area contributed by atoms with Gasteiger partial charge >= 0.3 is 0 Å². The highest BCUT2D eigenvalue weighted by atomic mass is 32.2. The zero-order valence-electron chi connectivity index (χ0n) is 8.68. The predicted molar refractivity (Wildman–Crippen MR) is 62.7 cm³/mol. The van der Waals surface area contributed by atoms with Crippen LogP contribution in [0.3, 0.4) is 0 Å². The predicted octanol–water partition coefficient (Wildman–Crippen LogP) is 3.56. The summed E-state index contributed by atoms with van der Waals surface area (Å²) in [5.74, 6) is 0. The Morgan fingerprint density at radius 1 is 1.43 bits per heavy atom. The molecule has 0 radical (unpaired) electrons. The molecule has 86 valence electrons. The summed E-state index contributed by atoms with van der Waals surface area (Å²) >= 11 is 2.74. The van der Waals surface area contributed by atoms with E-state index in [1.165, 1.54) is 12.0 Å². The molecule has 7 heteroatoms. The highest BCUT2D eigenvalue weighted by Crippen LogP contribution is 2.32. The van der Waals surface area contributed by atoms with E-state index in [-0.39, 0.29) is 5.44 Å². The summed E-state index contributed by atoms with van der Waals surface area (Å²) in [6.07, 6.45) is 0. The van der Waals surface area contributed by atoms with Gasteiger partial charge in [0, 0.05) is 24.1 Å². The van der Waals surface area contributed by atoms with Gasteiger partial charge < -0.3 is 8.74 Å². The van der Waals surface area contributed by atoms with Crippen LogP contribution in [-0.2, 0) is 12.5 Å². The van der Waals surface area contributed by atoms with Gasteiger partial charge in [0.2, 0.25) is 0 Å². The molecule has 0 aromatic heterocycles. The van der Waals surface area contributed by atoms with E-state index >= 15 is 0 Å². The number of hydrogen-bond donors (Lipinski definition) is 1. The van der Waals surface area contributed by atoms with Crippen molar-refractivity contribution in [3.63, 3.8) is 0 Å². The van der Waals surface area contributed by atoms with Gasteiger partial charge in [-0.15, -0.1) is 0 Å². The van der Waals surface area contributed by atoms with Gasteiger partial charge in [0.15, 0.2) is 17.3 Å². The lowest BCUT2D eigenvalue weighted by atomic mass is 10.5. The molecule has 0 aromatic rings. The molecule has 0 aliphatic heterocycles. The monoisotopic (exact) mass is 260 g/mol. The Morgan fingerprint density at radius 2 is 2.07 bits per heavy atom. The van der Waals surface area contributed by atoms with Gasteiger partial charge in [0.05, 0.1) is 6.61 Å². The average molecular weight is 260 g/mol. The van der Waals surface area contributed by atoms with Crippen molar-refractivity contribution in [2.75, 3.05) is 6.61 Å². The minimum Gasteiger partial charge on any atom is -0.328 e. The van der Waals surface area contributed by atoms with Gasteiger partial charge in [-0.25, -0.2) is 0 Å². The third-order valence-electron chi connectivity index (χ3n) is 0.935. The summed E-state index contributed by atoms with van der Waals surface area (Å²) in [6.45, 7) is 8.02. The highest BCUT2D eigenvalue weighted by Gasteiger charge is 2.22. The fraction of sp³-hybridized carbons (Fsp3) is 1.00. The Bertz CT molecular complexity index is 145. The first-order chi connectivity index (χ1) is 6.52. The van der Waals surface area contributed by atoms with Gasteiger partial charge in [-0.3, -0.25) is 8.37 Å². The van der Waals surface area contributed by atoms with Crippen LogP contribution in [0.25, 0.3) is 0 Å². The SMILES string of the molecule is CCOSC(C)(C)OSOC(C)SO. The second kappa shape index (κ2) is 8.09. The van der Waals surface area contributed by atoms with E-state index in [4.69, 9.17) is 17.1 Å². The Balaban J connectivity index is 3.54. The molecule has 0 aliphatic carbocycles. The minimum absolute atomic E-state index is 0.312. The van der Waals surface area contributed by atoms with E-state index in [2.05, 4.69) is 0 Å². The summed E-state index contributed by atoms with van der Waals surface area (Å²) in [6, 6.07) is 0. The molecule has 1 N–H and O–H groups in total. The molecular formula is C7H16O4S3. The maximum atomic E-state index is 8.60. The number of rotatable bonds is 8. The van der Waals surface area contributed by atoms with E-state index in [0.717, 1.165) is 12.3 Å². The second-order valence-corrected chi connectivity index (χ2v) is 5.57. The van der Waals surface area contributed by atoms with Crippen LogP contribution in [0.15, 0.2) is 0 Å². The van der Waals surface area contributed by atoms with E-state index in [9.17, 15) is 0 Å². The van der Waals surface area contributed by atoms with E-state index < -0.39 is 4.93 Å². The van der Waals surface area contributed by atoms with Gasteiger partial charge in [-0.05, 0) is 27.7 Å². The molecule has 0 rings (SSSR count). The Labute approximate surface area is 98.3 Å². The van der Waals surface area contributed by atoms with Crippen LogP contribution >= 0.6 is 36.4 Å². The van der Waals surface area contributed by atoms with Crippen molar-refractivity contribution in [1.29, 1.82) is 0 Å². The molecule has 1 atom stereocenters. The van der Waals surface area contributed by atoms with Crippen molar-refractivity contribution >= 4 is 36.4 Å². The van der Waals surface area contributed by atoms with E-state index in [0.29, 0.717) is 18.6 Å². The maximum Gasteiger partial charge on any atom is 0.161 e. The summed E-state index contributed by atoms with van der Waals surface area (Å²) in [4.78, 5) is -0.472. The molecule has 1 unspecified atom stereocenters. The van der Waals surface area contributed by atoms with Crippen molar-refractivity contribution < 1.29 is 17.1 Å². The normalized spacial score (nSPS) is 14.4. The second-order valence-electron chi connectivity index (χ2n) is 2.81. The molecule has 0 amide bonds. The fourth-order valence-corrected chi connectivity index (χ4v) is 1.54. The van der Waals surface area contributed by atoms with Gasteiger partial charge in [0.25, 0.3) is 0 Å². The summed E-state index contributed by atoms with van der Waals surface area (Å²) < 4.78 is 24.1. The van der Waals surface area contributed by atoms with E-state index in [1.54, 1.807) is 6.92 Å². The molecule has 0 heterocycles. The molecule has 4 nitrogen and oxygen atoms in total. The third kappa shape index (κ3) is 8.22. The first-order valence-corrected chi connectivity index (χ1v) is 6.38. The molecule has 14 heavy (non-hydrogen) atoms. The molecule has 0 bridgehead atoms. The zero-order chi connectivity index (χ0) is 11.0. The Hall–Kier alpha value is 0.890. The molecule has 0 aliphatic rings. The van der Waals surface area contributed by atoms with Crippen molar-refractivity contribution in [2.24, 2.45) is 0 Å². The minimum atomic E-state index is -0.472. The quantitative estimate of drug-likeness (QED) is 0.529. The van der Waals surface area contributed by atoms with Gasteiger partial charge in [-0.1, -0.05) is 0 Å². The van der Waals surface area contributed by atoms with Crippen molar-refractivity contribution in [2.45, 2.75) is 38.1 Å². The molecular weight excluding hydrogens is 244 g/mol. The average Bonchev–Trinajstić information content (AvgIpc) is 2.14. The van der Waals surface area contributed by atoms with Crippen LogP contribution in [0.2, 0.25) is 0 Å². The van der Waals surface area contributed by atoms with Gasteiger partial charge in [-0.2, -0.15) is 0 Å². The fourth-order valence-electron chi connectivity index (χ4n) is 0.389. The van der Waals surface area contributed by atoms with Crippen molar-refractivity contribution in [3.05, 3.63) is 0 Å². The number of hydrogen-bond acceptors (Lipinski definition) is 7. The summed E-state index contributed by atoms with van der Waals surface area (Å²) in [5, 5.41) is 0. The van der Waals surface area contributed by atoms with Crippen LogP contribution in [0.5, 0.6) is 0 Å². The van der Waals surface area contributed by atoms with Crippen molar-refractivity contribution in [3.8, 4) is 0 Å². The van der Waals surface area contributed by atoms with Gasteiger partial charge in [0.1, 0.15) is 5.44 Å². The lowest BCUT2D eigenvalue weighted by Gasteiger charge is -2.21. The van der Waals surface area contributed by atoms with E-state index in [1.807, 2.05) is 20.8 Å². The summed E-state index contributed by atoms with van der Waals surface area (Å²) in [5.41, 5.74) is -0.312. The van der Waals surface area contributed by atoms with Crippen LogP contribution in [-0.4, -0.2) is 21.5 Å². The highest BCUT2D eigenvalue weighted by molar-refractivity contribution is 7.97. The summed E-state index contributed by atoms with van der Waals surface area (Å²) in [7, 11) is 0. The van der Waals surface area contributed by atoms with Crippen LogP contribution < -0.4 is 0 Å². The Kier molecular flexibility index (Phi) is 8.60. The van der Waals surface area contributed by atoms with Crippen LogP contribution in [0.4, 0.5) is 0 Å². The molecule has 0 saturated carbocycles. The molecule has 0 aromatic carbocycles. The first kappa shape index (κ1) is 14.9.